The van der Waals surface area contributed by atoms with Gasteiger partial charge >= 0.3 is 0 Å². The molecule has 1 aromatic carbocycles. The summed E-state index contributed by atoms with van der Waals surface area (Å²) in [7, 11) is 0. The van der Waals surface area contributed by atoms with E-state index in [-0.39, 0.29) is 11.8 Å². The molecule has 120 valence electrons. The summed E-state index contributed by atoms with van der Waals surface area (Å²) >= 11 is 0. The Morgan fingerprint density at radius 2 is 1.88 bits per heavy atom. The molecule has 0 N–H and O–H groups in total. The first-order chi connectivity index (χ1) is 11.7. The van der Waals surface area contributed by atoms with Crippen molar-refractivity contribution in [1.29, 1.82) is 0 Å². The fraction of sp³-hybridized carbons (Fsp3) is 0.222. The van der Waals surface area contributed by atoms with E-state index in [1.165, 1.54) is 5.56 Å². The lowest BCUT2D eigenvalue weighted by molar-refractivity contribution is -0.117. The standard InChI is InChI=1S/C18H16N4O2/c1-12-2-4-15(5-3-12)22-11-14(10-16(22)23)18-20-17(21-24-18)13-6-8-19-9-7-13/h2-9,14H,10-11H2,1H3/t14-/m0/s1. The largest absolute Gasteiger partial charge is 0.339 e. The van der Waals surface area contributed by atoms with Gasteiger partial charge < -0.3 is 9.42 Å². The van der Waals surface area contributed by atoms with Gasteiger partial charge in [-0.05, 0) is 31.2 Å². The second kappa shape index (κ2) is 5.88. The van der Waals surface area contributed by atoms with E-state index in [2.05, 4.69) is 15.1 Å². The van der Waals surface area contributed by atoms with Crippen LogP contribution in [0.2, 0.25) is 0 Å². The number of amides is 1. The van der Waals surface area contributed by atoms with E-state index in [9.17, 15) is 4.79 Å². The van der Waals surface area contributed by atoms with E-state index in [1.807, 2.05) is 43.3 Å². The average Bonchev–Trinajstić information content (AvgIpc) is 3.23. The molecule has 6 nitrogen and oxygen atoms in total. The highest BCUT2D eigenvalue weighted by molar-refractivity contribution is 5.96. The SMILES string of the molecule is Cc1ccc(N2C[C@@H](c3nc(-c4ccncc4)no3)CC2=O)cc1. The number of pyridine rings is 1. The Bertz CT molecular complexity index is 858. The molecule has 0 spiro atoms. The Balaban J connectivity index is 1.55. The van der Waals surface area contributed by atoms with Crippen molar-refractivity contribution in [3.8, 4) is 11.4 Å². The molecule has 0 saturated carbocycles. The van der Waals surface area contributed by atoms with Crippen molar-refractivity contribution in [3.05, 3.63) is 60.2 Å². The molecule has 2 aromatic heterocycles. The number of nitrogens with zero attached hydrogens (tertiary/aromatic N) is 4. The van der Waals surface area contributed by atoms with Crippen molar-refractivity contribution >= 4 is 11.6 Å². The van der Waals surface area contributed by atoms with Crippen molar-refractivity contribution in [2.45, 2.75) is 19.3 Å². The average molecular weight is 320 g/mol. The summed E-state index contributed by atoms with van der Waals surface area (Å²) in [5.41, 5.74) is 2.92. The van der Waals surface area contributed by atoms with Gasteiger partial charge in [-0.3, -0.25) is 9.78 Å². The number of carbonyl (C=O) groups is 1. The minimum atomic E-state index is -0.0816. The van der Waals surface area contributed by atoms with Crippen LogP contribution in [0.15, 0.2) is 53.3 Å². The molecular weight excluding hydrogens is 304 g/mol. The third-order valence-electron chi connectivity index (χ3n) is 4.20. The van der Waals surface area contributed by atoms with Crippen LogP contribution in [-0.4, -0.2) is 27.6 Å². The minimum Gasteiger partial charge on any atom is -0.339 e. The number of aromatic nitrogens is 3. The summed E-state index contributed by atoms with van der Waals surface area (Å²) in [6.45, 7) is 2.58. The molecule has 1 atom stereocenters. The van der Waals surface area contributed by atoms with Crippen LogP contribution < -0.4 is 4.90 Å². The minimum absolute atomic E-state index is 0.0764. The smallest absolute Gasteiger partial charge is 0.232 e. The maximum atomic E-state index is 12.3. The van der Waals surface area contributed by atoms with E-state index in [4.69, 9.17) is 4.52 Å². The zero-order chi connectivity index (χ0) is 16.5. The number of carbonyl (C=O) groups excluding carboxylic acids is 1. The van der Waals surface area contributed by atoms with Gasteiger partial charge in [0.2, 0.25) is 17.6 Å². The van der Waals surface area contributed by atoms with Crippen LogP contribution in [0.5, 0.6) is 0 Å². The Kier molecular flexibility index (Phi) is 3.57. The molecule has 1 fully saturated rings. The van der Waals surface area contributed by atoms with Gasteiger partial charge in [0.25, 0.3) is 0 Å². The predicted octanol–water partition coefficient (Wildman–Crippen LogP) is 2.96. The highest BCUT2D eigenvalue weighted by atomic mass is 16.5. The first-order valence-electron chi connectivity index (χ1n) is 7.82. The molecule has 0 aliphatic carbocycles. The fourth-order valence-electron chi connectivity index (χ4n) is 2.87. The molecule has 3 heterocycles. The number of aryl methyl sites for hydroxylation is 1. The summed E-state index contributed by atoms with van der Waals surface area (Å²) in [5, 5.41) is 4.02. The monoisotopic (exact) mass is 320 g/mol. The Morgan fingerprint density at radius 1 is 1.12 bits per heavy atom. The highest BCUT2D eigenvalue weighted by Gasteiger charge is 2.35. The lowest BCUT2D eigenvalue weighted by Crippen LogP contribution is -2.24. The normalized spacial score (nSPS) is 17.5. The first-order valence-corrected chi connectivity index (χ1v) is 7.82. The lowest BCUT2D eigenvalue weighted by Gasteiger charge is -2.16. The summed E-state index contributed by atoms with van der Waals surface area (Å²) in [4.78, 5) is 22.6. The van der Waals surface area contributed by atoms with Gasteiger partial charge in [-0.2, -0.15) is 4.98 Å². The maximum Gasteiger partial charge on any atom is 0.232 e. The molecule has 6 heteroatoms. The van der Waals surface area contributed by atoms with Crippen LogP contribution in [0.3, 0.4) is 0 Å². The van der Waals surface area contributed by atoms with Crippen molar-refractivity contribution in [3.63, 3.8) is 0 Å². The molecule has 4 rings (SSSR count). The molecule has 0 unspecified atom stereocenters. The van der Waals surface area contributed by atoms with Gasteiger partial charge in [-0.15, -0.1) is 0 Å². The summed E-state index contributed by atoms with van der Waals surface area (Å²) in [6.07, 6.45) is 3.75. The van der Waals surface area contributed by atoms with Crippen LogP contribution in [0.4, 0.5) is 5.69 Å². The van der Waals surface area contributed by atoms with Crippen molar-refractivity contribution in [2.24, 2.45) is 0 Å². The van der Waals surface area contributed by atoms with Gasteiger partial charge in [0, 0.05) is 36.6 Å². The lowest BCUT2D eigenvalue weighted by atomic mass is 10.1. The van der Waals surface area contributed by atoms with Crippen molar-refractivity contribution in [1.82, 2.24) is 15.1 Å². The van der Waals surface area contributed by atoms with Crippen molar-refractivity contribution in [2.75, 3.05) is 11.4 Å². The Hall–Kier alpha value is -3.02. The third kappa shape index (κ3) is 2.67. The maximum absolute atomic E-state index is 12.3. The van der Waals surface area contributed by atoms with Gasteiger partial charge in [-0.1, -0.05) is 22.9 Å². The summed E-state index contributed by atoms with van der Waals surface area (Å²) in [6, 6.07) is 11.6. The van der Waals surface area contributed by atoms with Gasteiger partial charge in [-0.25, -0.2) is 0 Å². The molecule has 3 aromatic rings. The number of rotatable bonds is 3. The molecule has 1 aliphatic rings. The summed E-state index contributed by atoms with van der Waals surface area (Å²) in [5.74, 6) is 1.02. The van der Waals surface area contributed by atoms with Crippen LogP contribution in [-0.2, 0) is 4.79 Å². The van der Waals surface area contributed by atoms with E-state index in [1.54, 1.807) is 17.3 Å². The quantitative estimate of drug-likeness (QED) is 0.742. The molecule has 1 amide bonds. The number of hydrogen-bond donors (Lipinski definition) is 0. The second-order valence-electron chi connectivity index (χ2n) is 5.93. The van der Waals surface area contributed by atoms with E-state index < -0.39 is 0 Å². The molecule has 0 radical (unpaired) electrons. The van der Waals surface area contributed by atoms with Gasteiger partial charge in [0.1, 0.15) is 0 Å². The summed E-state index contributed by atoms with van der Waals surface area (Å²) < 4.78 is 5.39. The first kappa shape index (κ1) is 14.6. The van der Waals surface area contributed by atoms with Crippen LogP contribution in [0, 0.1) is 6.92 Å². The van der Waals surface area contributed by atoms with Crippen LogP contribution >= 0.6 is 0 Å². The topological polar surface area (TPSA) is 72.1 Å². The molecule has 1 aliphatic heterocycles. The molecule has 24 heavy (non-hydrogen) atoms. The van der Waals surface area contributed by atoms with E-state index in [0.29, 0.717) is 24.7 Å². The zero-order valence-corrected chi connectivity index (χ0v) is 13.2. The number of benzene rings is 1. The third-order valence-corrected chi connectivity index (χ3v) is 4.20. The number of anilines is 1. The Labute approximate surface area is 139 Å². The van der Waals surface area contributed by atoms with Crippen molar-refractivity contribution < 1.29 is 9.32 Å². The fourth-order valence-corrected chi connectivity index (χ4v) is 2.87. The predicted molar refractivity (Wildman–Crippen MR) is 88.4 cm³/mol. The highest BCUT2D eigenvalue weighted by Crippen LogP contribution is 2.31. The van der Waals surface area contributed by atoms with Gasteiger partial charge in [0.05, 0.1) is 5.92 Å². The van der Waals surface area contributed by atoms with Crippen LogP contribution in [0.1, 0.15) is 23.8 Å². The Morgan fingerprint density at radius 3 is 2.62 bits per heavy atom. The van der Waals surface area contributed by atoms with Crippen LogP contribution in [0.25, 0.3) is 11.4 Å². The second-order valence-corrected chi connectivity index (χ2v) is 5.93. The molecule has 1 saturated heterocycles. The number of hydrogen-bond acceptors (Lipinski definition) is 5. The van der Waals surface area contributed by atoms with E-state index >= 15 is 0 Å². The van der Waals surface area contributed by atoms with Gasteiger partial charge in [0.15, 0.2) is 0 Å². The molecule has 0 bridgehead atoms. The van der Waals surface area contributed by atoms with E-state index in [0.717, 1.165) is 11.3 Å². The zero-order valence-electron chi connectivity index (χ0n) is 13.2. The molecular formula is C18H16N4O2.